The van der Waals surface area contributed by atoms with Gasteiger partial charge in [-0.25, -0.2) is 9.97 Å². The molecule has 0 radical (unpaired) electrons. The molecule has 134 valence electrons. The molecule has 0 unspecified atom stereocenters. The van der Waals surface area contributed by atoms with E-state index in [1.54, 1.807) is 0 Å². The zero-order valence-corrected chi connectivity index (χ0v) is 15.2. The van der Waals surface area contributed by atoms with Crippen LogP contribution in [-0.2, 0) is 17.6 Å². The Labute approximate surface area is 156 Å². The summed E-state index contributed by atoms with van der Waals surface area (Å²) >= 11 is 2.68. The first-order chi connectivity index (χ1) is 12.6. The van der Waals surface area contributed by atoms with Gasteiger partial charge in [-0.1, -0.05) is 11.8 Å². The number of carbonyl (C=O) groups excluding carboxylic acids is 1. The lowest BCUT2D eigenvalue weighted by Crippen LogP contribution is -2.13. The molecule has 1 amide bonds. The highest BCUT2D eigenvalue weighted by molar-refractivity contribution is 7.99. The Hall–Kier alpha value is -2.46. The number of benzene rings is 1. The van der Waals surface area contributed by atoms with Crippen molar-refractivity contribution in [2.75, 3.05) is 11.1 Å². The lowest BCUT2D eigenvalue weighted by molar-refractivity contribution is -0.384. The average Bonchev–Trinajstić information content (AvgIpc) is 3.21. The van der Waals surface area contributed by atoms with E-state index in [2.05, 4.69) is 15.3 Å². The van der Waals surface area contributed by atoms with Gasteiger partial charge in [-0.2, -0.15) is 0 Å². The van der Waals surface area contributed by atoms with Gasteiger partial charge in [0.25, 0.3) is 10.9 Å². The molecule has 26 heavy (non-hydrogen) atoms. The second kappa shape index (κ2) is 7.04. The quantitative estimate of drug-likeness (QED) is 0.400. The van der Waals surface area contributed by atoms with Crippen molar-refractivity contribution in [1.29, 1.82) is 0 Å². The molecule has 0 saturated heterocycles. The van der Waals surface area contributed by atoms with E-state index in [1.165, 1.54) is 40.8 Å². The molecule has 8 nitrogen and oxygen atoms in total. The van der Waals surface area contributed by atoms with E-state index >= 15 is 0 Å². The van der Waals surface area contributed by atoms with Crippen LogP contribution in [0.2, 0.25) is 0 Å². The van der Waals surface area contributed by atoms with Gasteiger partial charge in [0.15, 0.2) is 10.7 Å². The number of fused-ring (bicyclic) bond motifs is 2. The number of amides is 1. The topological polar surface area (TPSA) is 111 Å². The molecule has 0 bridgehead atoms. The largest absolute Gasteiger partial charge is 0.431 e. The summed E-state index contributed by atoms with van der Waals surface area (Å²) in [5, 5.41) is 14.5. The van der Waals surface area contributed by atoms with Crippen LogP contribution in [0.1, 0.15) is 23.4 Å². The third kappa shape index (κ3) is 3.56. The highest BCUT2D eigenvalue weighted by Crippen LogP contribution is 2.30. The van der Waals surface area contributed by atoms with E-state index in [0.29, 0.717) is 21.5 Å². The van der Waals surface area contributed by atoms with Gasteiger partial charge in [0.2, 0.25) is 5.91 Å². The van der Waals surface area contributed by atoms with Crippen LogP contribution in [0.3, 0.4) is 0 Å². The van der Waals surface area contributed by atoms with Crippen LogP contribution in [0.25, 0.3) is 11.1 Å². The van der Waals surface area contributed by atoms with E-state index in [1.807, 2.05) is 0 Å². The molecule has 10 heteroatoms. The van der Waals surface area contributed by atoms with Crippen LogP contribution < -0.4 is 5.32 Å². The minimum atomic E-state index is -0.484. The smallest absolute Gasteiger partial charge is 0.271 e. The SMILES string of the molecule is O=C(CSc1nc2cc([N+](=O)[O-])ccc2o1)Nc1nc2c(s1)CCCC2. The summed E-state index contributed by atoms with van der Waals surface area (Å²) in [4.78, 5) is 32.4. The van der Waals surface area contributed by atoms with Crippen molar-refractivity contribution >= 4 is 50.9 Å². The number of thioether (sulfide) groups is 1. The van der Waals surface area contributed by atoms with Gasteiger partial charge in [-0.15, -0.1) is 11.3 Å². The summed E-state index contributed by atoms with van der Waals surface area (Å²) in [5.41, 5.74) is 1.90. The number of nitro benzene ring substituents is 1. The molecule has 0 fully saturated rings. The Bertz CT molecular complexity index is 974. The third-order valence-corrected chi connectivity index (χ3v) is 5.88. The molecule has 2 aromatic heterocycles. The van der Waals surface area contributed by atoms with Crippen molar-refractivity contribution in [1.82, 2.24) is 9.97 Å². The Kier molecular flexibility index (Phi) is 4.60. The van der Waals surface area contributed by atoms with Crippen molar-refractivity contribution in [2.45, 2.75) is 30.9 Å². The fourth-order valence-electron chi connectivity index (χ4n) is 2.76. The third-order valence-electron chi connectivity index (χ3n) is 3.98. The van der Waals surface area contributed by atoms with Crippen LogP contribution in [0.4, 0.5) is 10.8 Å². The minimum Gasteiger partial charge on any atom is -0.431 e. The van der Waals surface area contributed by atoms with E-state index in [-0.39, 0.29) is 17.3 Å². The average molecular weight is 390 g/mol. The first-order valence-electron chi connectivity index (χ1n) is 8.05. The number of nitro groups is 1. The van der Waals surface area contributed by atoms with Gasteiger partial charge in [-0.05, 0) is 31.7 Å². The predicted octanol–water partition coefficient (Wildman–Crippen LogP) is 3.80. The molecule has 1 aliphatic rings. The Morgan fingerprint density at radius 2 is 2.19 bits per heavy atom. The fourth-order valence-corrected chi connectivity index (χ4v) is 4.46. The zero-order valence-electron chi connectivity index (χ0n) is 13.6. The second-order valence-corrected chi connectivity index (χ2v) is 7.83. The summed E-state index contributed by atoms with van der Waals surface area (Å²) in [5.74, 6) is -0.0616. The molecule has 1 aromatic carbocycles. The number of anilines is 1. The van der Waals surface area contributed by atoms with Crippen LogP contribution in [0.15, 0.2) is 27.8 Å². The van der Waals surface area contributed by atoms with E-state index < -0.39 is 4.92 Å². The Morgan fingerprint density at radius 3 is 3.00 bits per heavy atom. The van der Waals surface area contributed by atoms with Crippen LogP contribution in [0.5, 0.6) is 0 Å². The molecule has 1 aliphatic carbocycles. The number of hydrogen-bond acceptors (Lipinski definition) is 8. The van der Waals surface area contributed by atoms with Crippen LogP contribution >= 0.6 is 23.1 Å². The van der Waals surface area contributed by atoms with E-state index in [9.17, 15) is 14.9 Å². The highest BCUT2D eigenvalue weighted by atomic mass is 32.2. The number of nitrogens with one attached hydrogen (secondary N) is 1. The van der Waals surface area contributed by atoms with Crippen molar-refractivity contribution < 1.29 is 14.1 Å². The lowest BCUT2D eigenvalue weighted by atomic mass is 10.0. The van der Waals surface area contributed by atoms with E-state index in [4.69, 9.17) is 4.42 Å². The fraction of sp³-hybridized carbons (Fsp3) is 0.312. The number of hydrogen-bond donors (Lipinski definition) is 1. The van der Waals surface area contributed by atoms with Gasteiger partial charge < -0.3 is 9.73 Å². The van der Waals surface area contributed by atoms with Gasteiger partial charge in [0.05, 0.1) is 16.4 Å². The van der Waals surface area contributed by atoms with E-state index in [0.717, 1.165) is 36.7 Å². The van der Waals surface area contributed by atoms with Gasteiger partial charge in [-0.3, -0.25) is 14.9 Å². The summed E-state index contributed by atoms with van der Waals surface area (Å²) in [6.07, 6.45) is 4.34. The molecule has 3 aromatic rings. The number of oxazole rings is 1. The Morgan fingerprint density at radius 1 is 1.35 bits per heavy atom. The standard InChI is InChI=1S/C16H14N4O4S2/c21-14(19-15-17-10-3-1-2-4-13(10)26-15)8-25-16-18-11-7-9(20(22)23)5-6-12(11)24-16/h5-7H,1-4,8H2,(H,17,19,21). The monoisotopic (exact) mass is 390 g/mol. The highest BCUT2D eigenvalue weighted by Gasteiger charge is 2.17. The van der Waals surface area contributed by atoms with Crippen molar-refractivity contribution in [3.63, 3.8) is 0 Å². The number of thiazole rings is 1. The maximum Gasteiger partial charge on any atom is 0.271 e. The number of non-ortho nitro benzene ring substituents is 1. The summed E-state index contributed by atoms with van der Waals surface area (Å²) < 4.78 is 5.51. The maximum absolute atomic E-state index is 12.1. The summed E-state index contributed by atoms with van der Waals surface area (Å²) in [7, 11) is 0. The number of carbonyl (C=O) groups is 1. The van der Waals surface area contributed by atoms with Gasteiger partial charge in [0, 0.05) is 17.0 Å². The first kappa shape index (κ1) is 17.0. The molecule has 2 heterocycles. The van der Waals surface area contributed by atoms with Crippen LogP contribution in [-0.4, -0.2) is 26.6 Å². The molecule has 0 atom stereocenters. The first-order valence-corrected chi connectivity index (χ1v) is 9.85. The van der Waals surface area contributed by atoms with Gasteiger partial charge >= 0.3 is 0 Å². The molecule has 4 rings (SSSR count). The number of aryl methyl sites for hydroxylation is 2. The van der Waals surface area contributed by atoms with Crippen molar-refractivity contribution in [2.24, 2.45) is 0 Å². The normalized spacial score (nSPS) is 13.5. The number of nitrogens with zero attached hydrogens (tertiary/aromatic N) is 3. The predicted molar refractivity (Wildman–Crippen MR) is 98.8 cm³/mol. The Balaban J connectivity index is 1.38. The molecular weight excluding hydrogens is 376 g/mol. The molecule has 1 N–H and O–H groups in total. The van der Waals surface area contributed by atoms with Gasteiger partial charge in [0.1, 0.15) is 5.52 Å². The second-order valence-electron chi connectivity index (χ2n) is 5.82. The molecule has 0 saturated carbocycles. The lowest BCUT2D eigenvalue weighted by Gasteiger charge is -2.06. The molecular formula is C16H14N4O4S2. The number of rotatable bonds is 5. The number of aromatic nitrogens is 2. The summed E-state index contributed by atoms with van der Waals surface area (Å²) in [6, 6.07) is 4.21. The summed E-state index contributed by atoms with van der Waals surface area (Å²) in [6.45, 7) is 0. The zero-order chi connectivity index (χ0) is 18.1. The van der Waals surface area contributed by atoms with Crippen LogP contribution in [0, 0.1) is 10.1 Å². The maximum atomic E-state index is 12.1. The minimum absolute atomic E-state index is 0.0483. The van der Waals surface area contributed by atoms with Crippen molar-refractivity contribution in [3.05, 3.63) is 38.9 Å². The molecule has 0 aliphatic heterocycles. The molecule has 0 spiro atoms. The van der Waals surface area contributed by atoms with Crippen molar-refractivity contribution in [3.8, 4) is 0 Å².